The summed E-state index contributed by atoms with van der Waals surface area (Å²) in [6.45, 7) is 0. The molecule has 0 bridgehead atoms. The molecule has 3 aromatic carbocycles. The smallest absolute Gasteiger partial charge is 0.185 e. The van der Waals surface area contributed by atoms with E-state index >= 15 is 0 Å². The fraction of sp³-hybridized carbons (Fsp3) is 0. The Bertz CT molecular complexity index is 1080. The Kier molecular flexibility index (Phi) is 5.71. The standard InChI is InChI=1S/C14HCl9O2/c15-5-1-2(9(19)14(25-23)12(22)8(1)18)6(16)4-3(5)7(17)10(20)11(21)13(4)24/h24H. The van der Waals surface area contributed by atoms with Gasteiger partial charge in [0.15, 0.2) is 5.75 Å². The van der Waals surface area contributed by atoms with Gasteiger partial charge in [-0.3, -0.25) is 0 Å². The van der Waals surface area contributed by atoms with E-state index in [4.69, 9.17) is 105 Å². The van der Waals surface area contributed by atoms with Gasteiger partial charge in [-0.15, -0.1) is 0 Å². The number of phenols is 1. The molecule has 0 aliphatic carbocycles. The third kappa shape index (κ3) is 2.77. The lowest BCUT2D eigenvalue weighted by Crippen LogP contribution is -1.91. The number of benzene rings is 3. The van der Waals surface area contributed by atoms with Gasteiger partial charge in [0, 0.05) is 21.5 Å². The van der Waals surface area contributed by atoms with E-state index in [1.165, 1.54) is 0 Å². The molecular formula is C14HCl9O2. The molecule has 11 heteroatoms. The Labute approximate surface area is 186 Å². The van der Waals surface area contributed by atoms with Crippen molar-refractivity contribution in [1.29, 1.82) is 0 Å². The molecule has 2 nitrogen and oxygen atoms in total. The number of aromatic hydroxyl groups is 1. The molecule has 0 saturated carbocycles. The van der Waals surface area contributed by atoms with Gasteiger partial charge in [0.25, 0.3) is 0 Å². The lowest BCUT2D eigenvalue weighted by Gasteiger charge is -2.18. The first-order valence-electron chi connectivity index (χ1n) is 6.09. The summed E-state index contributed by atoms with van der Waals surface area (Å²) >= 11 is 55.3. The highest BCUT2D eigenvalue weighted by molar-refractivity contribution is 6.60. The van der Waals surface area contributed by atoms with Crippen molar-refractivity contribution in [3.63, 3.8) is 0 Å². The molecule has 0 saturated heterocycles. The second-order valence-electron chi connectivity index (χ2n) is 4.77. The second-order valence-corrected chi connectivity index (χ2v) is 7.94. The minimum Gasteiger partial charge on any atom is -0.506 e. The first-order chi connectivity index (χ1) is 11.6. The zero-order valence-corrected chi connectivity index (χ0v) is 18.1. The number of phenolic OH excluding ortho intramolecular Hbond substituents is 1. The minimum absolute atomic E-state index is 0.0168. The van der Waals surface area contributed by atoms with Crippen molar-refractivity contribution in [2.75, 3.05) is 0 Å². The van der Waals surface area contributed by atoms with Crippen molar-refractivity contribution in [2.45, 2.75) is 0 Å². The predicted molar refractivity (Wildman–Crippen MR) is 110 cm³/mol. The van der Waals surface area contributed by atoms with Crippen LogP contribution in [0.3, 0.4) is 0 Å². The summed E-state index contributed by atoms with van der Waals surface area (Å²) in [4.78, 5) is 0. The number of hydrogen-bond donors (Lipinski definition) is 1. The lowest BCUT2D eigenvalue weighted by atomic mass is 10.0. The van der Waals surface area contributed by atoms with E-state index in [0.29, 0.717) is 0 Å². The van der Waals surface area contributed by atoms with Gasteiger partial charge in [0.1, 0.15) is 27.7 Å². The number of hydrogen-bond acceptors (Lipinski definition) is 2. The zero-order chi connectivity index (χ0) is 18.8. The first kappa shape index (κ1) is 20.1. The molecule has 25 heavy (non-hydrogen) atoms. The van der Waals surface area contributed by atoms with Crippen LogP contribution in [-0.4, -0.2) is 5.11 Å². The largest absolute Gasteiger partial charge is 0.506 e. The van der Waals surface area contributed by atoms with Gasteiger partial charge in [-0.05, 0) is 0 Å². The molecule has 0 radical (unpaired) electrons. The number of fused-ring (bicyclic) bond motifs is 2. The molecule has 132 valence electrons. The Balaban J connectivity index is 2.79. The Hall–Kier alpha value is 0.390. The average molecular weight is 520 g/mol. The van der Waals surface area contributed by atoms with Gasteiger partial charge in [-0.2, -0.15) is 0 Å². The van der Waals surface area contributed by atoms with E-state index in [1.807, 2.05) is 0 Å². The second kappa shape index (κ2) is 7.09. The van der Waals surface area contributed by atoms with Crippen LogP contribution in [0, 0.1) is 0 Å². The molecule has 0 aliphatic rings. The van der Waals surface area contributed by atoms with Crippen LogP contribution in [0.4, 0.5) is 0 Å². The van der Waals surface area contributed by atoms with E-state index in [9.17, 15) is 5.11 Å². The normalized spacial score (nSPS) is 11.6. The number of rotatable bonds is 1. The van der Waals surface area contributed by atoms with Gasteiger partial charge < -0.3 is 9.40 Å². The van der Waals surface area contributed by atoms with Crippen LogP contribution >= 0.6 is 105 Å². The van der Waals surface area contributed by atoms with Crippen LogP contribution in [-0.2, 0) is 0 Å². The highest BCUT2D eigenvalue weighted by Gasteiger charge is 2.28. The van der Waals surface area contributed by atoms with Crippen LogP contribution in [0.25, 0.3) is 21.5 Å². The van der Waals surface area contributed by atoms with Gasteiger partial charge in [0.2, 0.25) is 0 Å². The Morgan fingerprint density at radius 1 is 0.480 bits per heavy atom. The highest BCUT2D eigenvalue weighted by atomic mass is 35.5. The van der Waals surface area contributed by atoms with E-state index in [0.717, 1.165) is 0 Å². The van der Waals surface area contributed by atoms with E-state index in [1.54, 1.807) is 0 Å². The summed E-state index contributed by atoms with van der Waals surface area (Å²) in [7, 11) is 0. The fourth-order valence-electron chi connectivity index (χ4n) is 2.44. The monoisotopic (exact) mass is 516 g/mol. The summed E-state index contributed by atoms with van der Waals surface area (Å²) in [6.07, 6.45) is 0. The van der Waals surface area contributed by atoms with Gasteiger partial charge in [0.05, 0.1) is 30.1 Å². The van der Waals surface area contributed by atoms with Crippen molar-refractivity contribution in [2.24, 2.45) is 0 Å². The van der Waals surface area contributed by atoms with E-state index in [-0.39, 0.29) is 67.5 Å². The molecule has 0 unspecified atom stereocenters. The summed E-state index contributed by atoms with van der Waals surface area (Å²) in [5.74, 6) is -0.541. The molecule has 0 aliphatic heterocycles. The SMILES string of the molecule is Oc1c(Cl)c(Cl)c(Cl)c2c(Cl)c3c(Cl)c(Cl)c(OCl)c(Cl)c3c(Cl)c12. The summed E-state index contributed by atoms with van der Waals surface area (Å²) in [6, 6.07) is 0. The van der Waals surface area contributed by atoms with Crippen molar-refractivity contribution >= 4 is 126 Å². The Morgan fingerprint density at radius 3 is 1.48 bits per heavy atom. The fourth-order valence-corrected chi connectivity index (χ4v) is 5.14. The maximum Gasteiger partial charge on any atom is 0.185 e. The van der Waals surface area contributed by atoms with Crippen LogP contribution in [0.5, 0.6) is 11.5 Å². The summed E-state index contributed by atoms with van der Waals surface area (Å²) in [5, 5.41) is 10.4. The Morgan fingerprint density at radius 2 is 0.920 bits per heavy atom. The van der Waals surface area contributed by atoms with Gasteiger partial charge in [-0.1, -0.05) is 92.8 Å². The summed E-state index contributed by atoms with van der Waals surface area (Å²) in [5.41, 5.74) is 0. The van der Waals surface area contributed by atoms with E-state index in [2.05, 4.69) is 4.29 Å². The first-order valence-corrected chi connectivity index (χ1v) is 9.43. The third-order valence-electron chi connectivity index (χ3n) is 3.54. The lowest BCUT2D eigenvalue weighted by molar-refractivity contribution is 0.482. The van der Waals surface area contributed by atoms with Crippen molar-refractivity contribution < 1.29 is 9.40 Å². The molecule has 3 aromatic rings. The average Bonchev–Trinajstić information content (AvgIpc) is 2.57. The molecule has 0 amide bonds. The number of halogens is 9. The quantitative estimate of drug-likeness (QED) is 0.197. The molecule has 1 N–H and O–H groups in total. The van der Waals surface area contributed by atoms with Crippen molar-refractivity contribution in [3.8, 4) is 11.5 Å². The van der Waals surface area contributed by atoms with Crippen LogP contribution < -0.4 is 4.29 Å². The maximum absolute atomic E-state index is 10.4. The minimum atomic E-state index is -0.421. The summed E-state index contributed by atoms with van der Waals surface area (Å²) < 4.78 is 4.65. The van der Waals surface area contributed by atoms with Gasteiger partial charge in [-0.25, -0.2) is 0 Å². The zero-order valence-electron chi connectivity index (χ0n) is 11.3. The molecule has 0 fully saturated rings. The molecule has 3 rings (SSSR count). The molecule has 0 heterocycles. The van der Waals surface area contributed by atoms with Crippen molar-refractivity contribution in [3.05, 3.63) is 40.2 Å². The van der Waals surface area contributed by atoms with Crippen LogP contribution in [0.15, 0.2) is 0 Å². The molecule has 0 atom stereocenters. The maximum atomic E-state index is 10.4. The predicted octanol–water partition coefficient (Wildman–Crippen LogP) is 9.46. The van der Waals surface area contributed by atoms with Crippen molar-refractivity contribution in [1.82, 2.24) is 0 Å². The topological polar surface area (TPSA) is 29.5 Å². The molecule has 0 spiro atoms. The molecule has 0 aromatic heterocycles. The third-order valence-corrected chi connectivity index (χ3v) is 6.96. The highest BCUT2D eigenvalue weighted by Crippen LogP contribution is 2.56. The molecular weight excluding hydrogens is 519 g/mol. The van der Waals surface area contributed by atoms with Crippen LogP contribution in [0.2, 0.25) is 40.2 Å². The van der Waals surface area contributed by atoms with Crippen LogP contribution in [0.1, 0.15) is 0 Å². The van der Waals surface area contributed by atoms with E-state index < -0.39 is 5.75 Å². The van der Waals surface area contributed by atoms with Gasteiger partial charge >= 0.3 is 0 Å².